The van der Waals surface area contributed by atoms with Gasteiger partial charge in [0.1, 0.15) is 16.9 Å². The maximum absolute atomic E-state index is 12.1. The van der Waals surface area contributed by atoms with E-state index in [1.54, 1.807) is 39.0 Å². The maximum Gasteiger partial charge on any atom is 0.341 e. The predicted molar refractivity (Wildman–Crippen MR) is 87.9 cm³/mol. The molecule has 1 N–H and O–H groups in total. The molecule has 1 rings (SSSR count). The van der Waals surface area contributed by atoms with Gasteiger partial charge >= 0.3 is 5.97 Å². The number of rotatable bonds is 8. The van der Waals surface area contributed by atoms with Crippen molar-refractivity contribution < 1.29 is 23.8 Å². The Labute approximate surface area is 137 Å². The smallest absolute Gasteiger partial charge is 0.341 e. The van der Waals surface area contributed by atoms with E-state index in [4.69, 9.17) is 14.2 Å². The lowest BCUT2D eigenvalue weighted by molar-refractivity contribution is -0.133. The van der Waals surface area contributed by atoms with Crippen LogP contribution in [0.4, 0.5) is 5.69 Å². The van der Waals surface area contributed by atoms with Gasteiger partial charge in [-0.3, -0.25) is 4.79 Å². The fraction of sp³-hybridized carbons (Fsp3) is 0.529. The molecule has 0 aromatic heterocycles. The zero-order valence-corrected chi connectivity index (χ0v) is 14.4. The third-order valence-corrected chi connectivity index (χ3v) is 3.25. The van der Waals surface area contributed by atoms with Gasteiger partial charge in [-0.2, -0.15) is 0 Å². The van der Waals surface area contributed by atoms with Crippen LogP contribution in [0, 0.1) is 0 Å². The van der Waals surface area contributed by atoms with Crippen LogP contribution >= 0.6 is 0 Å². The molecular weight excluding hydrogens is 298 g/mol. The number of benzene rings is 1. The second-order valence-electron chi connectivity index (χ2n) is 5.45. The van der Waals surface area contributed by atoms with Crippen LogP contribution in [0.2, 0.25) is 0 Å². The topological polar surface area (TPSA) is 73.9 Å². The van der Waals surface area contributed by atoms with Crippen molar-refractivity contribution >= 4 is 17.6 Å². The molecule has 1 aromatic rings. The van der Waals surface area contributed by atoms with Crippen LogP contribution in [-0.2, 0) is 14.3 Å². The standard InChI is InChI=1S/C17H25NO5/c1-6-10-23-14-9-8-12(11-13(14)15(19)22-7-2)18-16(20)17(3,4)21-5/h8-9,11H,6-7,10H2,1-5H3,(H,18,20). The second-order valence-corrected chi connectivity index (χ2v) is 5.45. The molecule has 1 amide bonds. The van der Waals surface area contributed by atoms with Gasteiger partial charge in [-0.15, -0.1) is 0 Å². The summed E-state index contributed by atoms with van der Waals surface area (Å²) in [6.07, 6.45) is 0.822. The van der Waals surface area contributed by atoms with Gasteiger partial charge in [0.15, 0.2) is 0 Å². The van der Waals surface area contributed by atoms with Gasteiger partial charge in [0.2, 0.25) is 0 Å². The summed E-state index contributed by atoms with van der Waals surface area (Å²) in [6.45, 7) is 7.79. The highest BCUT2D eigenvalue weighted by molar-refractivity contribution is 5.99. The molecule has 0 aliphatic rings. The first kappa shape index (κ1) is 19.0. The van der Waals surface area contributed by atoms with Crippen molar-refractivity contribution in [3.8, 4) is 5.75 Å². The monoisotopic (exact) mass is 323 g/mol. The number of hydrogen-bond donors (Lipinski definition) is 1. The molecule has 0 spiro atoms. The quantitative estimate of drug-likeness (QED) is 0.744. The molecule has 0 unspecified atom stereocenters. The highest BCUT2D eigenvalue weighted by atomic mass is 16.5. The molecule has 0 radical (unpaired) electrons. The van der Waals surface area contributed by atoms with E-state index >= 15 is 0 Å². The Morgan fingerprint density at radius 3 is 2.48 bits per heavy atom. The summed E-state index contributed by atoms with van der Waals surface area (Å²) in [5.74, 6) is -0.355. The number of ether oxygens (including phenoxy) is 3. The van der Waals surface area contributed by atoms with E-state index in [1.165, 1.54) is 7.11 Å². The molecule has 6 heteroatoms. The summed E-state index contributed by atoms with van der Waals surface area (Å²) >= 11 is 0. The number of nitrogens with one attached hydrogen (secondary N) is 1. The van der Waals surface area contributed by atoms with Crippen LogP contribution in [0.25, 0.3) is 0 Å². The van der Waals surface area contributed by atoms with E-state index in [9.17, 15) is 9.59 Å². The molecule has 0 saturated heterocycles. The molecule has 0 saturated carbocycles. The van der Waals surface area contributed by atoms with Crippen LogP contribution in [0.1, 0.15) is 44.5 Å². The van der Waals surface area contributed by atoms with E-state index in [1.807, 2.05) is 6.92 Å². The van der Waals surface area contributed by atoms with Gasteiger partial charge in [-0.1, -0.05) is 6.92 Å². The number of amides is 1. The number of esters is 1. The fourth-order valence-electron chi connectivity index (χ4n) is 1.69. The van der Waals surface area contributed by atoms with E-state index < -0.39 is 11.6 Å². The Balaban J connectivity index is 3.05. The molecule has 6 nitrogen and oxygen atoms in total. The summed E-state index contributed by atoms with van der Waals surface area (Å²) in [4.78, 5) is 24.2. The number of carbonyl (C=O) groups excluding carboxylic acids is 2. The normalized spacial score (nSPS) is 11.0. The SMILES string of the molecule is CCCOc1ccc(NC(=O)C(C)(C)OC)cc1C(=O)OCC. The van der Waals surface area contributed by atoms with Crippen molar-refractivity contribution in [3.05, 3.63) is 23.8 Å². The number of hydrogen-bond acceptors (Lipinski definition) is 5. The molecule has 0 aliphatic heterocycles. The van der Waals surface area contributed by atoms with Crippen LogP contribution in [-0.4, -0.2) is 37.8 Å². The average Bonchev–Trinajstić information content (AvgIpc) is 2.53. The Morgan fingerprint density at radius 2 is 1.91 bits per heavy atom. The molecule has 0 bridgehead atoms. The first-order valence-electron chi connectivity index (χ1n) is 7.66. The highest BCUT2D eigenvalue weighted by Crippen LogP contribution is 2.25. The van der Waals surface area contributed by atoms with Gasteiger partial charge in [-0.05, 0) is 45.4 Å². The minimum Gasteiger partial charge on any atom is -0.493 e. The van der Waals surface area contributed by atoms with Crippen LogP contribution in [0.5, 0.6) is 5.75 Å². The Bertz CT molecular complexity index is 554. The Kier molecular flexibility index (Phi) is 7.03. The minimum absolute atomic E-state index is 0.263. The number of anilines is 1. The molecular formula is C17H25NO5. The molecule has 23 heavy (non-hydrogen) atoms. The predicted octanol–water partition coefficient (Wildman–Crippen LogP) is 3.02. The van der Waals surface area contributed by atoms with Crippen LogP contribution in [0.3, 0.4) is 0 Å². The summed E-state index contributed by atoms with van der Waals surface area (Å²) in [7, 11) is 1.46. The van der Waals surface area contributed by atoms with E-state index in [2.05, 4.69) is 5.32 Å². The Morgan fingerprint density at radius 1 is 1.22 bits per heavy atom. The van der Waals surface area contributed by atoms with Gasteiger partial charge in [-0.25, -0.2) is 4.79 Å². The Hall–Kier alpha value is -2.08. The first-order valence-corrected chi connectivity index (χ1v) is 7.66. The van der Waals surface area contributed by atoms with E-state index in [0.717, 1.165) is 6.42 Å². The molecule has 128 valence electrons. The molecule has 1 aromatic carbocycles. The summed E-state index contributed by atoms with van der Waals surface area (Å²) in [5.41, 5.74) is -0.207. The lowest BCUT2D eigenvalue weighted by Crippen LogP contribution is -2.38. The third kappa shape index (κ3) is 5.25. The van der Waals surface area contributed by atoms with Gasteiger partial charge in [0.25, 0.3) is 5.91 Å². The maximum atomic E-state index is 12.1. The largest absolute Gasteiger partial charge is 0.493 e. The van der Waals surface area contributed by atoms with Crippen molar-refractivity contribution in [1.29, 1.82) is 0 Å². The molecule has 0 aliphatic carbocycles. The lowest BCUT2D eigenvalue weighted by Gasteiger charge is -2.22. The second kappa shape index (κ2) is 8.53. The van der Waals surface area contributed by atoms with Crippen LogP contribution < -0.4 is 10.1 Å². The molecule has 0 atom stereocenters. The lowest BCUT2D eigenvalue weighted by atomic mass is 10.1. The third-order valence-electron chi connectivity index (χ3n) is 3.25. The van der Waals surface area contributed by atoms with Crippen molar-refractivity contribution in [2.24, 2.45) is 0 Å². The summed E-state index contributed by atoms with van der Waals surface area (Å²) in [5, 5.41) is 2.73. The van der Waals surface area contributed by atoms with Crippen molar-refractivity contribution in [3.63, 3.8) is 0 Å². The molecule has 0 heterocycles. The summed E-state index contributed by atoms with van der Waals surface area (Å²) in [6, 6.07) is 4.88. The number of methoxy groups -OCH3 is 1. The van der Waals surface area contributed by atoms with E-state index in [0.29, 0.717) is 18.0 Å². The average molecular weight is 323 g/mol. The zero-order chi connectivity index (χ0) is 17.5. The number of carbonyl (C=O) groups is 2. The summed E-state index contributed by atoms with van der Waals surface area (Å²) < 4.78 is 15.7. The van der Waals surface area contributed by atoms with E-state index in [-0.39, 0.29) is 18.1 Å². The van der Waals surface area contributed by atoms with Gasteiger partial charge in [0, 0.05) is 12.8 Å². The van der Waals surface area contributed by atoms with Gasteiger partial charge in [0.05, 0.1) is 13.2 Å². The van der Waals surface area contributed by atoms with Crippen molar-refractivity contribution in [2.75, 3.05) is 25.6 Å². The van der Waals surface area contributed by atoms with Crippen molar-refractivity contribution in [1.82, 2.24) is 0 Å². The first-order chi connectivity index (χ1) is 10.9. The molecule has 0 fully saturated rings. The fourth-order valence-corrected chi connectivity index (χ4v) is 1.69. The van der Waals surface area contributed by atoms with Crippen molar-refractivity contribution in [2.45, 2.75) is 39.7 Å². The highest BCUT2D eigenvalue weighted by Gasteiger charge is 2.27. The van der Waals surface area contributed by atoms with Gasteiger partial charge < -0.3 is 19.5 Å². The minimum atomic E-state index is -0.971. The van der Waals surface area contributed by atoms with Crippen LogP contribution in [0.15, 0.2) is 18.2 Å². The zero-order valence-electron chi connectivity index (χ0n) is 14.4.